The monoisotopic (exact) mass is 1310 g/mol. The van der Waals surface area contributed by atoms with E-state index in [1.807, 2.05) is 100 Å². The first kappa shape index (κ1) is 73.3. The number of hydrogen-bond donors (Lipinski definition) is 2. The van der Waals surface area contributed by atoms with Crippen molar-refractivity contribution in [3.05, 3.63) is 190 Å². The Bertz CT molecular complexity index is 2470. The van der Waals surface area contributed by atoms with E-state index in [1.165, 1.54) is 43.9 Å². The van der Waals surface area contributed by atoms with Gasteiger partial charge in [-0.15, -0.1) is 0 Å². The summed E-state index contributed by atoms with van der Waals surface area (Å²) in [7, 11) is 0. The second-order valence-electron chi connectivity index (χ2n) is 13.9. The number of nitrogens with zero attached hydrogens (tertiary/aromatic N) is 7. The van der Waals surface area contributed by atoms with Crippen molar-refractivity contribution in [1.82, 2.24) is 19.9 Å². The van der Waals surface area contributed by atoms with Crippen LogP contribution in [-0.2, 0) is 0 Å². The van der Waals surface area contributed by atoms with E-state index in [2.05, 4.69) is 40.7 Å². The third-order valence-electron chi connectivity index (χ3n) is 8.79. The van der Waals surface area contributed by atoms with E-state index in [0.717, 1.165) is 44.3 Å². The standard InChI is InChI=1S/4C10H9NO.C6H15N.C2H6O.2Dy.3NO3.H2O/c4*1-7-5-6-8-3-2-4-9(12)10(8)11-7;1-4-7(5-2)6-3;1-2-3;;;3*2-1(3)4;/h4*2-6,12H,1H3;4-6H2,1-3H3;3H,2H2,1H3;;;;;;1H2/q;;;;;;2*+3;3*-1;/p-3. The van der Waals surface area contributed by atoms with Crippen LogP contribution in [0.3, 0.4) is 0 Å². The Morgan fingerprint density at radius 3 is 0.699 bits per heavy atom. The Kier molecular flexibility index (Phi) is 41.4. The number of aromatic nitrogens is 4. The minimum absolute atomic E-state index is 0. The number of aliphatic hydroxyl groups is 1. The number of aliphatic hydroxyl groups excluding tert-OH is 1. The van der Waals surface area contributed by atoms with Crippen molar-refractivity contribution in [1.29, 1.82) is 0 Å². The SMILES string of the molecule is CCO.CC[NH+](CC)CC.Cc1ccc2cccc([O-])c2n1.Cc1ccc2cccc([O-])c2n1.Cc1ccc2cccc([O-])c2n1.Cc1ccc2cccc([O-])c2n1.O.O=[N+]([O-])[O-].O=[N+]([O-])[O-].O=[N+]([O-])[O-].[Dy+3].[Dy+3]. The Hall–Kier alpha value is -6.25. The van der Waals surface area contributed by atoms with Gasteiger partial charge >= 0.3 is 76.3 Å². The average molecular weight is 1310 g/mol. The molecule has 0 aliphatic heterocycles. The number of rotatable bonds is 3. The third kappa shape index (κ3) is 31.7. The molecule has 23 nitrogen and oxygen atoms in total. The molecule has 0 atom stereocenters. The summed E-state index contributed by atoms with van der Waals surface area (Å²) in [6, 6.07) is 36.0. The summed E-state index contributed by atoms with van der Waals surface area (Å²) in [5.74, 6) is -0.0141. The van der Waals surface area contributed by atoms with E-state index in [9.17, 15) is 20.4 Å². The number of hydrogen-bond acceptors (Lipinski definition) is 18. The second-order valence-corrected chi connectivity index (χ2v) is 13.9. The molecule has 4 N–H and O–H groups in total. The summed E-state index contributed by atoms with van der Waals surface area (Å²) in [6.07, 6.45) is 0. The molecule has 0 aliphatic rings. The van der Waals surface area contributed by atoms with Gasteiger partial charge in [0.25, 0.3) is 0 Å². The molecule has 25 heteroatoms. The molecule has 0 aliphatic carbocycles. The van der Waals surface area contributed by atoms with Crippen LogP contribution < -0.4 is 25.3 Å². The van der Waals surface area contributed by atoms with Gasteiger partial charge in [-0.25, -0.2) is 0 Å². The van der Waals surface area contributed by atoms with E-state index < -0.39 is 15.3 Å². The first-order chi connectivity index (χ1) is 33.0. The van der Waals surface area contributed by atoms with Crippen molar-refractivity contribution < 1.29 is 128 Å². The van der Waals surface area contributed by atoms with E-state index in [0.29, 0.717) is 22.1 Å². The predicted molar refractivity (Wildman–Crippen MR) is 264 cm³/mol. The molecule has 0 saturated carbocycles. The van der Waals surface area contributed by atoms with E-state index in [-0.39, 0.29) is 111 Å². The van der Waals surface area contributed by atoms with Crippen LogP contribution in [0.25, 0.3) is 43.6 Å². The molecule has 4 heterocycles. The molecule has 2 radical (unpaired) electrons. The molecule has 0 amide bonds. The van der Waals surface area contributed by atoms with Crippen LogP contribution in [0.15, 0.2) is 121 Å². The van der Waals surface area contributed by atoms with Crippen molar-refractivity contribution in [2.24, 2.45) is 0 Å². The molecule has 0 saturated heterocycles. The molecular weight excluding hydrogens is 1250 g/mol. The smallest absolute Gasteiger partial charge is 0.871 e. The largest absolute Gasteiger partial charge is 3.00 e. The number of aryl methyl sites for hydroxylation is 4. The quantitative estimate of drug-likeness (QED) is 0.176. The van der Waals surface area contributed by atoms with E-state index >= 15 is 0 Å². The van der Waals surface area contributed by atoms with Crippen molar-refractivity contribution >= 4 is 43.6 Å². The Morgan fingerprint density at radius 2 is 0.562 bits per heavy atom. The fraction of sp³-hybridized carbons (Fsp3) is 0.250. The molecule has 8 rings (SSSR count). The van der Waals surface area contributed by atoms with Gasteiger partial charge in [0.1, 0.15) is 0 Å². The summed E-state index contributed by atoms with van der Waals surface area (Å²) in [6.45, 7) is 19.9. The number of nitrogens with one attached hydrogen (secondary N) is 1. The summed E-state index contributed by atoms with van der Waals surface area (Å²) in [4.78, 5) is 43.1. The molecule has 4 aromatic carbocycles. The zero-order valence-electron chi connectivity index (χ0n) is 40.9. The zero-order valence-corrected chi connectivity index (χ0v) is 45.0. The number of fused-ring (bicyclic) bond motifs is 4. The van der Waals surface area contributed by atoms with Crippen molar-refractivity contribution in [2.45, 2.75) is 55.4 Å². The third-order valence-corrected chi connectivity index (χ3v) is 8.79. The zero-order chi connectivity index (χ0) is 53.3. The fourth-order valence-corrected chi connectivity index (χ4v) is 5.62. The number of benzene rings is 4. The molecule has 398 valence electrons. The first-order valence-corrected chi connectivity index (χ1v) is 21.1. The summed E-state index contributed by atoms with van der Waals surface area (Å²) in [5.41, 5.74) is 5.79. The minimum atomic E-state index is -1.75. The Labute approximate surface area is 481 Å². The fourth-order valence-electron chi connectivity index (χ4n) is 5.62. The number of quaternary nitrogens is 1. The Balaban J connectivity index is -0.000000380. The molecular formula is C48H56Dy2N8O15. The minimum Gasteiger partial charge on any atom is -0.871 e. The first-order valence-electron chi connectivity index (χ1n) is 21.1. The average Bonchev–Trinajstić information content (AvgIpc) is 3.29. The van der Waals surface area contributed by atoms with Gasteiger partial charge in [0.2, 0.25) is 0 Å². The summed E-state index contributed by atoms with van der Waals surface area (Å²) >= 11 is 0. The van der Waals surface area contributed by atoms with Crippen LogP contribution in [0.2, 0.25) is 0 Å². The normalized spacial score (nSPS) is 9.07. The number of pyridine rings is 4. The van der Waals surface area contributed by atoms with Gasteiger partial charge in [0.15, 0.2) is 0 Å². The van der Waals surface area contributed by atoms with Crippen LogP contribution in [0, 0.1) is 150 Å². The molecule has 0 bridgehead atoms. The molecule has 0 unspecified atom stereocenters. The van der Waals surface area contributed by atoms with Crippen molar-refractivity contribution in [3.63, 3.8) is 0 Å². The topological polar surface area (TPSA) is 399 Å². The van der Waals surface area contributed by atoms with Gasteiger partial charge in [0.05, 0.1) is 57.0 Å². The van der Waals surface area contributed by atoms with Crippen LogP contribution in [-0.4, -0.2) is 72.0 Å². The van der Waals surface area contributed by atoms with Crippen LogP contribution in [0.1, 0.15) is 50.5 Å². The van der Waals surface area contributed by atoms with Gasteiger partial charge in [-0.3, -0.25) is 19.9 Å². The van der Waals surface area contributed by atoms with E-state index in [1.54, 1.807) is 36.1 Å². The predicted octanol–water partition coefficient (Wildman–Crippen LogP) is 4.85. The van der Waals surface area contributed by atoms with Gasteiger partial charge in [-0.2, -0.15) is 0 Å². The maximum Gasteiger partial charge on any atom is 3.00 e. The maximum absolute atomic E-state index is 11.3. The Morgan fingerprint density at radius 1 is 0.397 bits per heavy atom. The molecule has 0 spiro atoms. The van der Waals surface area contributed by atoms with Crippen LogP contribution >= 0.6 is 0 Å². The van der Waals surface area contributed by atoms with Crippen LogP contribution in [0.5, 0.6) is 23.0 Å². The summed E-state index contributed by atoms with van der Waals surface area (Å²) < 4.78 is 0. The van der Waals surface area contributed by atoms with Gasteiger partial charge in [-0.05, 0) is 101 Å². The molecule has 4 aromatic heterocycles. The molecule has 0 fully saturated rings. The maximum atomic E-state index is 11.3. The van der Waals surface area contributed by atoms with Crippen molar-refractivity contribution in [3.8, 4) is 23.0 Å². The summed E-state index contributed by atoms with van der Waals surface area (Å²) in [5, 5.41) is 101. The molecule has 73 heavy (non-hydrogen) atoms. The van der Waals surface area contributed by atoms with Gasteiger partial charge in [-0.1, -0.05) is 120 Å². The van der Waals surface area contributed by atoms with E-state index in [4.69, 9.17) is 51.1 Å². The van der Waals surface area contributed by atoms with Crippen LogP contribution in [0.4, 0.5) is 0 Å². The van der Waals surface area contributed by atoms with Crippen molar-refractivity contribution in [2.75, 3.05) is 26.2 Å². The molecule has 8 aromatic rings. The van der Waals surface area contributed by atoms with Gasteiger partial charge in [0, 0.05) is 29.4 Å². The second kappa shape index (κ2) is 41.2. The van der Waals surface area contributed by atoms with Gasteiger partial charge < -0.3 is 81.9 Å². The number of para-hydroxylation sites is 4.